The summed E-state index contributed by atoms with van der Waals surface area (Å²) >= 11 is 0. The van der Waals surface area contributed by atoms with Crippen LogP contribution in [-0.4, -0.2) is 71.4 Å². The van der Waals surface area contributed by atoms with Gasteiger partial charge in [0.1, 0.15) is 0 Å². The molecule has 4 rings (SSSR count). The molecule has 1 N–H and O–H groups in total. The summed E-state index contributed by atoms with van der Waals surface area (Å²) in [7, 11) is -0.456. The zero-order chi connectivity index (χ0) is 28.4. The number of piperidine rings is 1. The molecule has 0 radical (unpaired) electrons. The van der Waals surface area contributed by atoms with Crippen molar-refractivity contribution in [2.45, 2.75) is 65.1 Å². The Morgan fingerprint density at radius 3 is 2.08 bits per heavy atom. The summed E-state index contributed by atoms with van der Waals surface area (Å²) in [5, 5.41) is 9.85. The highest BCUT2D eigenvalue weighted by Crippen LogP contribution is 2.37. The van der Waals surface area contributed by atoms with E-state index in [1.54, 1.807) is 19.0 Å². The van der Waals surface area contributed by atoms with E-state index in [1.807, 2.05) is 40.0 Å². The molecule has 2 atom stereocenters. The number of benzene rings is 2. The molecular weight excluding hydrogens is 502 g/mol. The quantitative estimate of drug-likeness (QED) is 0.485. The predicted octanol–water partition coefficient (Wildman–Crippen LogP) is 5.57. The lowest BCUT2D eigenvalue weighted by Crippen LogP contribution is -2.60. The molecule has 2 heterocycles. The number of hydrogen-bond donors (Lipinski definition) is 1. The summed E-state index contributed by atoms with van der Waals surface area (Å²) < 4.78 is 39.8. The molecule has 212 valence electrons. The molecule has 0 aliphatic carbocycles. The van der Waals surface area contributed by atoms with E-state index in [4.69, 9.17) is 0 Å². The maximum Gasteiger partial charge on any atom is 0.416 e. The Labute approximate surface area is 231 Å². The van der Waals surface area contributed by atoms with Crippen molar-refractivity contribution in [1.29, 1.82) is 0 Å². The highest BCUT2D eigenvalue weighted by molar-refractivity contribution is 6.45. The average Bonchev–Trinajstić information content (AvgIpc) is 2.89. The van der Waals surface area contributed by atoms with Gasteiger partial charge in [0.05, 0.1) is 11.6 Å². The van der Waals surface area contributed by atoms with E-state index in [0.29, 0.717) is 32.0 Å². The maximum atomic E-state index is 13.6. The fraction of sp³-hybridized carbons (Fsp3) is 0.567. The van der Waals surface area contributed by atoms with Crippen LogP contribution in [0.1, 0.15) is 62.8 Å². The number of alkyl halides is 3. The van der Waals surface area contributed by atoms with Crippen molar-refractivity contribution in [1.82, 2.24) is 14.6 Å². The minimum Gasteiger partial charge on any atom is -0.437 e. The van der Waals surface area contributed by atoms with Crippen molar-refractivity contribution in [2.75, 3.05) is 32.7 Å². The standard InChI is InChI=1S/C30H41BF3N3O2/c1-29(2,3)26-21-35(18-19-37(26)27(38)20-22-14-16-36(17-15-22)31(4)39)28(23-8-6-5-7-9-23)24-10-12-25(13-11-24)30(32,33)34/h5-13,22,26,28,39H,14-21H2,1-4H3/t26-,28?/m1/s1. The van der Waals surface area contributed by atoms with E-state index >= 15 is 0 Å². The lowest BCUT2D eigenvalue weighted by Gasteiger charge is -2.50. The van der Waals surface area contributed by atoms with Gasteiger partial charge >= 0.3 is 13.2 Å². The van der Waals surface area contributed by atoms with Gasteiger partial charge in [-0.05, 0) is 67.3 Å². The number of carbonyl (C=O) groups is 1. The Morgan fingerprint density at radius 2 is 1.54 bits per heavy atom. The zero-order valence-corrected chi connectivity index (χ0v) is 23.5. The van der Waals surface area contributed by atoms with Crippen molar-refractivity contribution in [3.8, 4) is 0 Å². The first-order valence-corrected chi connectivity index (χ1v) is 14.0. The Balaban J connectivity index is 1.54. The molecular formula is C30H41BF3N3O2. The Kier molecular flexibility index (Phi) is 9.13. The summed E-state index contributed by atoms with van der Waals surface area (Å²) in [6.07, 6.45) is -2.06. The van der Waals surface area contributed by atoms with E-state index < -0.39 is 18.8 Å². The van der Waals surface area contributed by atoms with Gasteiger partial charge in [-0.1, -0.05) is 63.2 Å². The number of amides is 1. The first kappa shape index (κ1) is 29.6. The normalized spacial score (nSPS) is 21.1. The van der Waals surface area contributed by atoms with Gasteiger partial charge in [0.15, 0.2) is 0 Å². The van der Waals surface area contributed by atoms with Gasteiger partial charge in [0, 0.05) is 32.1 Å². The molecule has 5 nitrogen and oxygen atoms in total. The van der Waals surface area contributed by atoms with Crippen LogP contribution in [0.3, 0.4) is 0 Å². The minimum atomic E-state index is -4.38. The molecule has 1 amide bonds. The number of nitrogens with zero attached hydrogens (tertiary/aromatic N) is 3. The van der Waals surface area contributed by atoms with Gasteiger partial charge < -0.3 is 14.7 Å². The van der Waals surface area contributed by atoms with E-state index in [1.165, 1.54) is 0 Å². The molecule has 9 heteroatoms. The molecule has 1 unspecified atom stereocenters. The van der Waals surface area contributed by atoms with Crippen LogP contribution in [-0.2, 0) is 11.0 Å². The number of hydrogen-bond acceptors (Lipinski definition) is 4. The van der Waals surface area contributed by atoms with Crippen molar-refractivity contribution in [2.24, 2.45) is 11.3 Å². The Bertz CT molecular complexity index is 1080. The largest absolute Gasteiger partial charge is 0.437 e. The third kappa shape index (κ3) is 7.24. The molecule has 0 spiro atoms. The number of piperazine rings is 1. The van der Waals surface area contributed by atoms with Gasteiger partial charge in [-0.2, -0.15) is 13.2 Å². The third-order valence-electron chi connectivity index (χ3n) is 8.41. The Hall–Kier alpha value is -2.36. The van der Waals surface area contributed by atoms with Gasteiger partial charge in [-0.15, -0.1) is 0 Å². The SMILES string of the molecule is CB(O)N1CCC(CC(=O)N2CCN(C(c3ccccc3)c3ccc(C(F)(F)F)cc3)C[C@@H]2C(C)(C)C)CC1. The molecule has 0 aromatic heterocycles. The predicted molar refractivity (Wildman–Crippen MR) is 149 cm³/mol. The Morgan fingerprint density at radius 1 is 0.949 bits per heavy atom. The van der Waals surface area contributed by atoms with Crippen molar-refractivity contribution in [3.05, 3.63) is 71.3 Å². The lowest BCUT2D eigenvalue weighted by molar-refractivity contribution is -0.141. The molecule has 2 aromatic rings. The first-order chi connectivity index (χ1) is 18.3. The van der Waals surface area contributed by atoms with Gasteiger partial charge in [-0.25, -0.2) is 0 Å². The molecule has 39 heavy (non-hydrogen) atoms. The maximum absolute atomic E-state index is 13.6. The van der Waals surface area contributed by atoms with E-state index in [-0.39, 0.29) is 23.4 Å². The zero-order valence-electron chi connectivity index (χ0n) is 23.5. The smallest absolute Gasteiger partial charge is 0.416 e. The van der Waals surface area contributed by atoms with Gasteiger partial charge in [0.25, 0.3) is 0 Å². The fourth-order valence-electron chi connectivity index (χ4n) is 6.08. The van der Waals surface area contributed by atoms with Crippen molar-refractivity contribution < 1.29 is 23.0 Å². The van der Waals surface area contributed by atoms with Crippen molar-refractivity contribution >= 4 is 13.0 Å². The lowest BCUT2D eigenvalue weighted by atomic mass is 9.80. The second-order valence-electron chi connectivity index (χ2n) is 12.2. The molecule has 2 saturated heterocycles. The van der Waals surface area contributed by atoms with Crippen LogP contribution in [0, 0.1) is 11.3 Å². The first-order valence-electron chi connectivity index (χ1n) is 14.0. The average molecular weight is 543 g/mol. The van der Waals surface area contributed by atoms with Crippen molar-refractivity contribution in [3.63, 3.8) is 0 Å². The molecule has 0 saturated carbocycles. The van der Waals surface area contributed by atoms with Crippen LogP contribution in [0.4, 0.5) is 13.2 Å². The van der Waals surface area contributed by atoms with Crippen LogP contribution < -0.4 is 0 Å². The van der Waals surface area contributed by atoms with Crippen LogP contribution in [0.15, 0.2) is 54.6 Å². The summed E-state index contributed by atoms with van der Waals surface area (Å²) in [5.74, 6) is 0.492. The van der Waals surface area contributed by atoms with Crippen LogP contribution in [0.5, 0.6) is 0 Å². The van der Waals surface area contributed by atoms with Gasteiger partial charge in [-0.3, -0.25) is 9.69 Å². The number of rotatable bonds is 6. The highest BCUT2D eigenvalue weighted by atomic mass is 19.4. The van der Waals surface area contributed by atoms with E-state index in [2.05, 4.69) is 25.7 Å². The third-order valence-corrected chi connectivity index (χ3v) is 8.41. The fourth-order valence-corrected chi connectivity index (χ4v) is 6.08. The highest BCUT2D eigenvalue weighted by Gasteiger charge is 2.41. The molecule has 2 aliphatic rings. The monoisotopic (exact) mass is 543 g/mol. The molecule has 2 aromatic carbocycles. The summed E-state index contributed by atoms with van der Waals surface area (Å²) in [6.45, 7) is 11.7. The van der Waals surface area contributed by atoms with E-state index in [9.17, 15) is 23.0 Å². The summed E-state index contributed by atoms with van der Waals surface area (Å²) in [6, 6.07) is 15.1. The summed E-state index contributed by atoms with van der Waals surface area (Å²) in [5.41, 5.74) is 1.01. The summed E-state index contributed by atoms with van der Waals surface area (Å²) in [4.78, 5) is 20.0. The van der Waals surface area contributed by atoms with Crippen LogP contribution in [0.25, 0.3) is 0 Å². The number of carbonyl (C=O) groups excluding carboxylic acids is 1. The second kappa shape index (κ2) is 12.0. The minimum absolute atomic E-state index is 0.0306. The molecule has 2 fully saturated rings. The second-order valence-corrected chi connectivity index (χ2v) is 12.2. The van der Waals surface area contributed by atoms with E-state index in [0.717, 1.165) is 49.2 Å². The molecule has 0 bridgehead atoms. The topological polar surface area (TPSA) is 47.0 Å². The molecule has 2 aliphatic heterocycles. The van der Waals surface area contributed by atoms with Crippen LogP contribution in [0.2, 0.25) is 6.82 Å². The number of halogens is 3. The van der Waals surface area contributed by atoms with Gasteiger partial charge in [0.2, 0.25) is 5.91 Å². The van der Waals surface area contributed by atoms with Crippen LogP contribution >= 0.6 is 0 Å².